The van der Waals surface area contributed by atoms with Gasteiger partial charge in [-0.3, -0.25) is 0 Å². The van der Waals surface area contributed by atoms with Gasteiger partial charge >= 0.3 is 0 Å². The van der Waals surface area contributed by atoms with Crippen molar-refractivity contribution in [1.82, 2.24) is 15.0 Å². The average molecular weight is 780 g/mol. The van der Waals surface area contributed by atoms with Gasteiger partial charge in [0.05, 0.1) is 46.4 Å². The second-order valence-electron chi connectivity index (χ2n) is 15.0. The van der Waals surface area contributed by atoms with E-state index in [1.165, 1.54) is 0 Å². The minimum atomic E-state index is -0.713. The molecule has 0 bridgehead atoms. The third-order valence-electron chi connectivity index (χ3n) is 11.7. The summed E-state index contributed by atoms with van der Waals surface area (Å²) >= 11 is 0. The molecule has 0 saturated carbocycles. The highest BCUT2D eigenvalue weighted by molar-refractivity contribution is 5.98. The van der Waals surface area contributed by atoms with Gasteiger partial charge in [-0.1, -0.05) is 152 Å². The van der Waals surface area contributed by atoms with Crippen LogP contribution in [0.25, 0.3) is 39.0 Å². The number of benzene rings is 8. The number of aromatic nitrogens is 3. The minimum absolute atomic E-state index is 0.263. The van der Waals surface area contributed by atoms with Crippen molar-refractivity contribution in [3.05, 3.63) is 239 Å². The Morgan fingerprint density at radius 3 is 1.25 bits per heavy atom. The number of anilines is 6. The predicted molar refractivity (Wildman–Crippen MR) is 242 cm³/mol. The summed E-state index contributed by atoms with van der Waals surface area (Å²) in [6, 6.07) is 70.5. The van der Waals surface area contributed by atoms with Crippen LogP contribution < -0.4 is 9.80 Å². The van der Waals surface area contributed by atoms with E-state index in [4.69, 9.17) is 21.5 Å². The van der Waals surface area contributed by atoms with Crippen LogP contribution in [0.3, 0.4) is 0 Å². The van der Waals surface area contributed by atoms with Gasteiger partial charge in [0.25, 0.3) is 0 Å². The van der Waals surface area contributed by atoms with Crippen molar-refractivity contribution in [3.8, 4) is 40.2 Å². The van der Waals surface area contributed by atoms with E-state index in [9.17, 15) is 5.26 Å². The van der Waals surface area contributed by atoms with Crippen LogP contribution in [0.2, 0.25) is 0 Å². The molecular weight excluding hydrogens is 747 g/mol. The Balaban J connectivity index is 1.14. The summed E-state index contributed by atoms with van der Waals surface area (Å²) in [7, 11) is 0. The summed E-state index contributed by atoms with van der Waals surface area (Å²) in [5.74, 6) is 1.17. The maximum absolute atomic E-state index is 11.0. The summed E-state index contributed by atoms with van der Waals surface area (Å²) in [4.78, 5) is 23.3. The molecule has 284 valence electrons. The fourth-order valence-corrected chi connectivity index (χ4v) is 9.28. The van der Waals surface area contributed by atoms with Crippen molar-refractivity contribution < 1.29 is 0 Å². The van der Waals surface area contributed by atoms with Crippen molar-refractivity contribution in [2.45, 2.75) is 5.41 Å². The largest absolute Gasteiger partial charge is 0.311 e. The molecule has 0 amide bonds. The Labute approximate surface area is 353 Å². The first kappa shape index (κ1) is 35.5. The van der Waals surface area contributed by atoms with E-state index in [0.717, 1.165) is 61.8 Å². The van der Waals surface area contributed by atoms with E-state index in [1.54, 1.807) is 0 Å². The maximum Gasteiger partial charge on any atom is 0.201 e. The smallest absolute Gasteiger partial charge is 0.201 e. The highest BCUT2D eigenvalue weighted by Gasteiger charge is 2.51. The van der Waals surface area contributed by atoms with Crippen LogP contribution in [0.5, 0.6) is 0 Å². The molecule has 11 rings (SSSR count). The molecule has 61 heavy (non-hydrogen) atoms. The first-order valence-corrected chi connectivity index (χ1v) is 20.1. The zero-order valence-corrected chi connectivity index (χ0v) is 32.7. The Morgan fingerprint density at radius 1 is 0.443 bits per heavy atom. The fraction of sp³-hybridized carbons (Fsp3) is 0.0185. The Hall–Kier alpha value is -8.65. The monoisotopic (exact) mass is 779 g/mol. The SMILES string of the molecule is [C-]#[N+]c1cc(N2c3ccccc3C3(c4ccccc4N(c4ccccc4)c4ccccc43)c3ccccc32)cc(C#N)c1-c1nc(-c2ccccc2)nc(-c2ccccc2)n1. The number of hydrogen-bond acceptors (Lipinski definition) is 6. The third kappa shape index (κ3) is 5.46. The maximum atomic E-state index is 11.0. The van der Waals surface area contributed by atoms with Crippen LogP contribution in [0.15, 0.2) is 200 Å². The molecule has 1 aromatic heterocycles. The van der Waals surface area contributed by atoms with Crippen LogP contribution in [-0.2, 0) is 5.41 Å². The summed E-state index contributed by atoms with van der Waals surface area (Å²) in [6.07, 6.45) is 0. The standard InChI is InChI=1S/C54H33N7/c1-56-45-34-40(33-38(35-55)50(45)53-58-51(36-19-5-2-6-20-36)57-52(59-53)37-21-7-3-8-22-37)61-48-31-17-13-27-43(48)54(44-28-14-18-32-49(44)61)41-25-11-15-29-46(41)60(39-23-9-4-10-24-39)47-30-16-12-26-42(47)54/h2-34H. The highest BCUT2D eigenvalue weighted by Crippen LogP contribution is 2.64. The minimum Gasteiger partial charge on any atom is -0.311 e. The van der Waals surface area contributed by atoms with Gasteiger partial charge in [-0.15, -0.1) is 0 Å². The normalized spacial score (nSPS) is 13.0. The van der Waals surface area contributed by atoms with E-state index >= 15 is 0 Å². The average Bonchev–Trinajstić information content (AvgIpc) is 3.34. The highest BCUT2D eigenvalue weighted by atomic mass is 15.2. The van der Waals surface area contributed by atoms with Crippen molar-refractivity contribution in [2.24, 2.45) is 0 Å². The quantitative estimate of drug-likeness (QED) is 0.162. The van der Waals surface area contributed by atoms with Crippen LogP contribution in [-0.4, -0.2) is 15.0 Å². The Kier molecular flexibility index (Phi) is 8.33. The van der Waals surface area contributed by atoms with E-state index in [0.29, 0.717) is 22.9 Å². The lowest BCUT2D eigenvalue weighted by atomic mass is 9.60. The van der Waals surface area contributed by atoms with E-state index in [1.807, 2.05) is 78.9 Å². The number of nitrogens with zero attached hydrogens (tertiary/aromatic N) is 7. The third-order valence-corrected chi connectivity index (χ3v) is 11.7. The summed E-state index contributed by atoms with van der Waals surface area (Å²) in [5.41, 5.74) is 12.2. The van der Waals surface area contributed by atoms with Crippen molar-refractivity contribution >= 4 is 39.8 Å². The molecule has 0 aliphatic carbocycles. The molecule has 2 aliphatic rings. The van der Waals surface area contributed by atoms with Crippen LogP contribution in [0.4, 0.5) is 39.8 Å². The van der Waals surface area contributed by atoms with Gasteiger partial charge in [-0.05, 0) is 70.8 Å². The number of nitriles is 1. The van der Waals surface area contributed by atoms with Crippen molar-refractivity contribution in [1.29, 1.82) is 5.26 Å². The van der Waals surface area contributed by atoms with Gasteiger partial charge < -0.3 is 9.80 Å². The molecule has 2 aliphatic heterocycles. The molecular formula is C54H33N7. The number of fused-ring (bicyclic) bond motifs is 8. The van der Waals surface area contributed by atoms with Crippen LogP contribution in [0.1, 0.15) is 27.8 Å². The molecule has 0 unspecified atom stereocenters. The Bertz CT molecular complexity index is 3050. The molecule has 7 nitrogen and oxygen atoms in total. The topological polar surface area (TPSA) is 73.3 Å². The molecule has 0 saturated heterocycles. The Morgan fingerprint density at radius 2 is 0.820 bits per heavy atom. The van der Waals surface area contributed by atoms with Crippen molar-refractivity contribution in [3.63, 3.8) is 0 Å². The number of hydrogen-bond donors (Lipinski definition) is 0. The lowest BCUT2D eigenvalue weighted by molar-refractivity contribution is 0.719. The van der Waals surface area contributed by atoms with Gasteiger partial charge in [-0.2, -0.15) is 5.26 Å². The van der Waals surface area contributed by atoms with Gasteiger partial charge in [0, 0.05) is 28.1 Å². The van der Waals surface area contributed by atoms with Gasteiger partial charge in [-0.25, -0.2) is 19.8 Å². The van der Waals surface area contributed by atoms with Gasteiger partial charge in [0.2, 0.25) is 5.69 Å². The second kappa shape index (κ2) is 14.3. The van der Waals surface area contributed by atoms with E-state index in [-0.39, 0.29) is 17.1 Å². The first-order chi connectivity index (χ1) is 30.2. The van der Waals surface area contributed by atoms with Gasteiger partial charge in [0.15, 0.2) is 17.5 Å². The van der Waals surface area contributed by atoms with E-state index in [2.05, 4.69) is 142 Å². The number of rotatable bonds is 5. The van der Waals surface area contributed by atoms with Crippen LogP contribution >= 0.6 is 0 Å². The van der Waals surface area contributed by atoms with E-state index < -0.39 is 5.41 Å². The molecule has 0 atom stereocenters. The predicted octanol–water partition coefficient (Wildman–Crippen LogP) is 13.2. The van der Waals surface area contributed by atoms with Crippen molar-refractivity contribution in [2.75, 3.05) is 9.80 Å². The zero-order valence-electron chi connectivity index (χ0n) is 32.7. The molecule has 0 radical (unpaired) electrons. The van der Waals surface area contributed by atoms with Crippen LogP contribution in [0, 0.1) is 17.9 Å². The summed E-state index contributed by atoms with van der Waals surface area (Å²) in [6.45, 7) is 8.57. The molecule has 8 aromatic carbocycles. The molecule has 9 aromatic rings. The van der Waals surface area contributed by atoms with Gasteiger partial charge in [0.1, 0.15) is 0 Å². The lowest BCUT2D eigenvalue weighted by Gasteiger charge is -2.51. The summed E-state index contributed by atoms with van der Waals surface area (Å²) in [5, 5.41) is 11.0. The lowest BCUT2D eigenvalue weighted by Crippen LogP contribution is -2.41. The molecule has 0 N–H and O–H groups in total. The molecule has 0 fully saturated rings. The first-order valence-electron chi connectivity index (χ1n) is 20.1. The number of para-hydroxylation sites is 5. The molecule has 1 spiro atoms. The fourth-order valence-electron chi connectivity index (χ4n) is 9.28. The summed E-state index contributed by atoms with van der Waals surface area (Å²) < 4.78 is 0. The molecule has 3 heterocycles. The second-order valence-corrected chi connectivity index (χ2v) is 15.0. The zero-order chi connectivity index (χ0) is 40.9. The molecule has 7 heteroatoms.